The van der Waals surface area contributed by atoms with Crippen LogP contribution in [0.3, 0.4) is 0 Å². The van der Waals surface area contributed by atoms with E-state index < -0.39 is 0 Å². The number of rotatable bonds is 9. The molecule has 1 aromatic rings. The number of hydrogen-bond acceptors (Lipinski definition) is 1. The quantitative estimate of drug-likeness (QED) is 0.462. The second-order valence-corrected chi connectivity index (χ2v) is 5.14. The fraction of sp³-hybridized carbons (Fsp3) is 0.600. The van der Waals surface area contributed by atoms with Crippen LogP contribution in [0.25, 0.3) is 0 Å². The van der Waals surface area contributed by atoms with E-state index in [0.29, 0.717) is 0 Å². The van der Waals surface area contributed by atoms with E-state index in [4.69, 9.17) is 4.74 Å². The first-order chi connectivity index (χ1) is 8.36. The van der Waals surface area contributed by atoms with Crippen molar-refractivity contribution in [2.75, 3.05) is 11.9 Å². The molecule has 17 heavy (non-hydrogen) atoms. The summed E-state index contributed by atoms with van der Waals surface area (Å²) in [6.45, 7) is 3.05. The van der Waals surface area contributed by atoms with Crippen LogP contribution in [0.1, 0.15) is 44.6 Å². The van der Waals surface area contributed by atoms with Crippen LogP contribution in [0, 0.1) is 0 Å². The second-order valence-electron chi connectivity index (χ2n) is 4.35. The van der Waals surface area contributed by atoms with Crippen molar-refractivity contribution >= 4 is 15.9 Å². The highest BCUT2D eigenvalue weighted by Gasteiger charge is 1.95. The van der Waals surface area contributed by atoms with Crippen LogP contribution >= 0.6 is 15.9 Å². The van der Waals surface area contributed by atoms with Crippen LogP contribution in [-0.4, -0.2) is 11.9 Å². The molecule has 96 valence electrons. The average Bonchev–Trinajstić information content (AvgIpc) is 2.36. The van der Waals surface area contributed by atoms with Crippen LogP contribution < -0.4 is 4.74 Å². The van der Waals surface area contributed by atoms with Crippen LogP contribution in [0.15, 0.2) is 24.3 Å². The lowest BCUT2D eigenvalue weighted by Crippen LogP contribution is -1.97. The molecule has 1 aromatic carbocycles. The molecule has 0 atom stereocenters. The van der Waals surface area contributed by atoms with E-state index in [9.17, 15) is 0 Å². The van der Waals surface area contributed by atoms with Gasteiger partial charge in [0, 0.05) is 5.33 Å². The molecule has 0 saturated heterocycles. The maximum absolute atomic E-state index is 5.71. The van der Waals surface area contributed by atoms with Gasteiger partial charge in [0.15, 0.2) is 0 Å². The number of aryl methyl sites for hydroxylation is 1. The van der Waals surface area contributed by atoms with Gasteiger partial charge in [-0.05, 0) is 37.0 Å². The highest BCUT2D eigenvalue weighted by Crippen LogP contribution is 2.14. The van der Waals surface area contributed by atoms with E-state index in [-0.39, 0.29) is 0 Å². The Labute approximate surface area is 114 Å². The van der Waals surface area contributed by atoms with Gasteiger partial charge in [-0.15, -0.1) is 0 Å². The van der Waals surface area contributed by atoms with E-state index in [0.717, 1.165) is 30.5 Å². The van der Waals surface area contributed by atoms with Gasteiger partial charge in [0.05, 0.1) is 6.61 Å². The molecule has 0 saturated carbocycles. The molecule has 0 unspecified atom stereocenters. The van der Waals surface area contributed by atoms with Crippen molar-refractivity contribution in [3.05, 3.63) is 29.8 Å². The minimum Gasteiger partial charge on any atom is -0.494 e. The number of halogens is 1. The Morgan fingerprint density at radius 3 is 2.35 bits per heavy atom. The lowest BCUT2D eigenvalue weighted by Gasteiger charge is -2.06. The third-order valence-electron chi connectivity index (χ3n) is 2.76. The number of alkyl halides is 1. The van der Waals surface area contributed by atoms with Crippen molar-refractivity contribution in [1.82, 2.24) is 0 Å². The van der Waals surface area contributed by atoms with Gasteiger partial charge in [-0.3, -0.25) is 0 Å². The Bertz CT molecular complexity index is 281. The van der Waals surface area contributed by atoms with Gasteiger partial charge in [0.25, 0.3) is 0 Å². The summed E-state index contributed by atoms with van der Waals surface area (Å²) in [5.41, 5.74) is 1.40. The lowest BCUT2D eigenvalue weighted by molar-refractivity contribution is 0.305. The summed E-state index contributed by atoms with van der Waals surface area (Å²) in [6.07, 6.45) is 7.35. The van der Waals surface area contributed by atoms with Gasteiger partial charge in [0.1, 0.15) is 5.75 Å². The average molecular weight is 299 g/mol. The molecule has 0 aromatic heterocycles. The van der Waals surface area contributed by atoms with Crippen LogP contribution in [-0.2, 0) is 6.42 Å². The molecule has 0 bridgehead atoms. The molecule has 1 nitrogen and oxygen atoms in total. The predicted octanol–water partition coefficient (Wildman–Crippen LogP) is 4.97. The minimum absolute atomic E-state index is 0.843. The van der Waals surface area contributed by atoms with E-state index >= 15 is 0 Å². The predicted molar refractivity (Wildman–Crippen MR) is 78.2 cm³/mol. The maximum Gasteiger partial charge on any atom is 0.119 e. The maximum atomic E-state index is 5.71. The Hall–Kier alpha value is -0.500. The highest BCUT2D eigenvalue weighted by molar-refractivity contribution is 9.09. The summed E-state index contributed by atoms with van der Waals surface area (Å²) in [7, 11) is 0. The SMILES string of the molecule is CCCc1ccc(OCCCCCCBr)cc1. The van der Waals surface area contributed by atoms with Crippen molar-refractivity contribution in [3.8, 4) is 5.75 Å². The van der Waals surface area contributed by atoms with E-state index in [1.807, 2.05) is 0 Å². The van der Waals surface area contributed by atoms with Crippen molar-refractivity contribution in [1.29, 1.82) is 0 Å². The molecule has 1 rings (SSSR count). The number of ether oxygens (including phenoxy) is 1. The fourth-order valence-electron chi connectivity index (χ4n) is 1.78. The highest BCUT2D eigenvalue weighted by atomic mass is 79.9. The van der Waals surface area contributed by atoms with Crippen molar-refractivity contribution in [3.63, 3.8) is 0 Å². The van der Waals surface area contributed by atoms with Gasteiger partial charge < -0.3 is 4.74 Å². The number of unbranched alkanes of at least 4 members (excludes halogenated alkanes) is 3. The molecule has 0 amide bonds. The zero-order valence-corrected chi connectivity index (χ0v) is 12.3. The van der Waals surface area contributed by atoms with Crippen molar-refractivity contribution in [2.24, 2.45) is 0 Å². The van der Waals surface area contributed by atoms with Gasteiger partial charge in [-0.2, -0.15) is 0 Å². The monoisotopic (exact) mass is 298 g/mol. The zero-order valence-electron chi connectivity index (χ0n) is 10.8. The molecule has 0 aliphatic heterocycles. The van der Waals surface area contributed by atoms with Gasteiger partial charge >= 0.3 is 0 Å². The Balaban J connectivity index is 2.14. The first kappa shape index (κ1) is 14.6. The Morgan fingerprint density at radius 2 is 1.71 bits per heavy atom. The second kappa shape index (κ2) is 9.52. The molecule has 0 radical (unpaired) electrons. The number of benzene rings is 1. The smallest absolute Gasteiger partial charge is 0.119 e. The number of hydrogen-bond donors (Lipinski definition) is 0. The standard InChI is InChI=1S/C15H23BrO/c1-2-7-14-8-10-15(11-9-14)17-13-6-4-3-5-12-16/h8-11H,2-7,12-13H2,1H3. The van der Waals surface area contributed by atoms with Crippen molar-refractivity contribution < 1.29 is 4.74 Å². The van der Waals surface area contributed by atoms with Gasteiger partial charge in [-0.1, -0.05) is 54.2 Å². The topological polar surface area (TPSA) is 9.23 Å². The molecule has 0 aliphatic rings. The Kier molecular flexibility index (Phi) is 8.16. The molecule has 0 heterocycles. The normalized spacial score (nSPS) is 10.5. The molecule has 0 aliphatic carbocycles. The van der Waals surface area contributed by atoms with Gasteiger partial charge in [-0.25, -0.2) is 0 Å². The minimum atomic E-state index is 0.843. The summed E-state index contributed by atoms with van der Waals surface area (Å²) in [5.74, 6) is 1.00. The van der Waals surface area contributed by atoms with Crippen LogP contribution in [0.2, 0.25) is 0 Å². The molecule has 0 fully saturated rings. The zero-order chi connectivity index (χ0) is 12.3. The molecule has 2 heteroatoms. The first-order valence-electron chi connectivity index (χ1n) is 6.64. The van der Waals surface area contributed by atoms with Crippen LogP contribution in [0.4, 0.5) is 0 Å². The van der Waals surface area contributed by atoms with Gasteiger partial charge in [0.2, 0.25) is 0 Å². The van der Waals surface area contributed by atoms with Crippen LogP contribution in [0.5, 0.6) is 5.75 Å². The third-order valence-corrected chi connectivity index (χ3v) is 3.32. The Morgan fingerprint density at radius 1 is 1.00 bits per heavy atom. The summed E-state index contributed by atoms with van der Waals surface area (Å²) < 4.78 is 5.71. The fourth-order valence-corrected chi connectivity index (χ4v) is 2.18. The molecular weight excluding hydrogens is 276 g/mol. The summed E-state index contributed by atoms with van der Waals surface area (Å²) in [5, 5.41) is 1.12. The van der Waals surface area contributed by atoms with E-state index in [1.54, 1.807) is 0 Å². The summed E-state index contributed by atoms with van der Waals surface area (Å²) in [4.78, 5) is 0. The van der Waals surface area contributed by atoms with E-state index in [1.165, 1.54) is 31.2 Å². The van der Waals surface area contributed by atoms with Crippen molar-refractivity contribution in [2.45, 2.75) is 45.4 Å². The molecule has 0 spiro atoms. The molecular formula is C15H23BrO. The largest absolute Gasteiger partial charge is 0.494 e. The third kappa shape index (κ3) is 6.72. The first-order valence-corrected chi connectivity index (χ1v) is 7.76. The molecule has 0 N–H and O–H groups in total. The lowest BCUT2D eigenvalue weighted by atomic mass is 10.1. The summed E-state index contributed by atoms with van der Waals surface area (Å²) >= 11 is 3.44. The summed E-state index contributed by atoms with van der Waals surface area (Å²) in [6, 6.07) is 8.51. The van der Waals surface area contributed by atoms with E-state index in [2.05, 4.69) is 47.1 Å².